The van der Waals surface area contributed by atoms with Crippen molar-refractivity contribution >= 4 is 16.8 Å². The minimum atomic E-state index is 0.177. The molecule has 0 aliphatic carbocycles. The highest BCUT2D eigenvalue weighted by atomic mass is 16.3. The van der Waals surface area contributed by atoms with Crippen molar-refractivity contribution in [1.82, 2.24) is 4.98 Å². The zero-order chi connectivity index (χ0) is 17.5. The van der Waals surface area contributed by atoms with Crippen LogP contribution in [0.2, 0.25) is 0 Å². The van der Waals surface area contributed by atoms with Crippen LogP contribution < -0.4 is 5.32 Å². The smallest absolute Gasteiger partial charge is 0.231 e. The Hall–Kier alpha value is -2.49. The third-order valence-electron chi connectivity index (χ3n) is 4.38. The summed E-state index contributed by atoms with van der Waals surface area (Å²) in [5.41, 5.74) is 3.11. The summed E-state index contributed by atoms with van der Waals surface area (Å²) in [6, 6.07) is 13.1. The molecule has 0 bridgehead atoms. The fraction of sp³-hybridized carbons (Fsp3) is 0.381. The number of hydrogen-bond donors (Lipinski definition) is 2. The minimum absolute atomic E-state index is 0.177. The lowest BCUT2D eigenvalue weighted by molar-refractivity contribution is 0.474. The van der Waals surface area contributed by atoms with Crippen LogP contribution >= 0.6 is 0 Å². The Morgan fingerprint density at radius 2 is 1.80 bits per heavy atom. The number of anilines is 1. The van der Waals surface area contributed by atoms with Crippen molar-refractivity contribution in [3.8, 4) is 17.2 Å². The molecule has 25 heavy (non-hydrogen) atoms. The van der Waals surface area contributed by atoms with Gasteiger partial charge < -0.3 is 14.8 Å². The van der Waals surface area contributed by atoms with E-state index in [2.05, 4.69) is 17.2 Å². The number of hydrogen-bond acceptors (Lipinski definition) is 4. The van der Waals surface area contributed by atoms with Crippen LogP contribution in [-0.4, -0.2) is 16.6 Å². The number of nitrogens with zero attached hydrogens (tertiary/aromatic N) is 1. The molecular weight excluding hydrogens is 312 g/mol. The lowest BCUT2D eigenvalue weighted by Crippen LogP contribution is -2.01. The quantitative estimate of drug-likeness (QED) is 0.372. The molecule has 0 radical (unpaired) electrons. The van der Waals surface area contributed by atoms with Gasteiger partial charge in [-0.05, 0) is 36.8 Å². The first-order valence-electron chi connectivity index (χ1n) is 9.21. The molecule has 0 saturated heterocycles. The van der Waals surface area contributed by atoms with Crippen molar-refractivity contribution in [2.24, 2.45) is 0 Å². The number of oxazole rings is 1. The molecule has 2 N–H and O–H groups in total. The molecular formula is C21H26N2O2. The van der Waals surface area contributed by atoms with Gasteiger partial charge in [0.2, 0.25) is 5.89 Å². The Bertz CT molecular complexity index is 778. The maximum Gasteiger partial charge on any atom is 0.231 e. The summed E-state index contributed by atoms with van der Waals surface area (Å²) in [7, 11) is 0. The van der Waals surface area contributed by atoms with Crippen molar-refractivity contribution in [1.29, 1.82) is 0 Å². The largest absolute Gasteiger partial charge is 0.507 e. The Labute approximate surface area is 148 Å². The zero-order valence-electron chi connectivity index (χ0n) is 14.8. The highest BCUT2D eigenvalue weighted by molar-refractivity contribution is 5.78. The van der Waals surface area contributed by atoms with E-state index in [9.17, 15) is 5.11 Å². The first-order valence-corrected chi connectivity index (χ1v) is 9.21. The number of benzene rings is 2. The van der Waals surface area contributed by atoms with E-state index in [1.54, 1.807) is 6.07 Å². The first kappa shape index (κ1) is 17.3. The van der Waals surface area contributed by atoms with Crippen molar-refractivity contribution in [3.05, 3.63) is 42.5 Å². The van der Waals surface area contributed by atoms with Gasteiger partial charge in [-0.15, -0.1) is 0 Å². The Morgan fingerprint density at radius 1 is 1.00 bits per heavy atom. The van der Waals surface area contributed by atoms with E-state index in [1.807, 2.05) is 36.4 Å². The van der Waals surface area contributed by atoms with E-state index in [4.69, 9.17) is 4.42 Å². The SMILES string of the molecule is CCCCCCCCNc1ccc(O)c(-c2nc3ccccc3o2)c1. The zero-order valence-corrected chi connectivity index (χ0v) is 14.8. The molecule has 1 heterocycles. The molecule has 3 rings (SSSR count). The fourth-order valence-corrected chi connectivity index (χ4v) is 2.94. The summed E-state index contributed by atoms with van der Waals surface area (Å²) in [6.07, 6.45) is 7.66. The predicted molar refractivity (Wildman–Crippen MR) is 103 cm³/mol. The van der Waals surface area contributed by atoms with Gasteiger partial charge in [0, 0.05) is 12.2 Å². The van der Waals surface area contributed by atoms with E-state index >= 15 is 0 Å². The number of rotatable bonds is 9. The minimum Gasteiger partial charge on any atom is -0.507 e. The van der Waals surface area contributed by atoms with Crippen LogP contribution in [0, 0.1) is 0 Å². The number of para-hydroxylation sites is 2. The molecule has 4 heteroatoms. The second kappa shape index (κ2) is 8.56. The average Bonchev–Trinajstić information content (AvgIpc) is 3.06. The second-order valence-corrected chi connectivity index (χ2v) is 6.41. The van der Waals surface area contributed by atoms with Crippen molar-refractivity contribution in [2.45, 2.75) is 45.4 Å². The van der Waals surface area contributed by atoms with Gasteiger partial charge in [-0.25, -0.2) is 4.98 Å². The van der Waals surface area contributed by atoms with Crippen LogP contribution in [0.1, 0.15) is 45.4 Å². The van der Waals surface area contributed by atoms with Crippen molar-refractivity contribution in [3.63, 3.8) is 0 Å². The summed E-state index contributed by atoms with van der Waals surface area (Å²) >= 11 is 0. The van der Waals surface area contributed by atoms with Gasteiger partial charge in [0.25, 0.3) is 0 Å². The monoisotopic (exact) mass is 338 g/mol. The lowest BCUT2D eigenvalue weighted by atomic mass is 10.1. The summed E-state index contributed by atoms with van der Waals surface area (Å²) in [6.45, 7) is 3.17. The topological polar surface area (TPSA) is 58.3 Å². The molecule has 4 nitrogen and oxygen atoms in total. The lowest BCUT2D eigenvalue weighted by Gasteiger charge is -2.08. The van der Waals surface area contributed by atoms with Crippen LogP contribution in [0.3, 0.4) is 0 Å². The first-order chi connectivity index (χ1) is 12.3. The summed E-state index contributed by atoms with van der Waals surface area (Å²) in [5, 5.41) is 13.6. The van der Waals surface area contributed by atoms with Gasteiger partial charge >= 0.3 is 0 Å². The number of aromatic nitrogens is 1. The number of unbranched alkanes of at least 4 members (excludes halogenated alkanes) is 5. The molecule has 0 aliphatic heterocycles. The van der Waals surface area contributed by atoms with E-state index in [1.165, 1.54) is 32.1 Å². The summed E-state index contributed by atoms with van der Waals surface area (Å²) in [4.78, 5) is 4.47. The molecule has 3 aromatic rings. The molecule has 0 saturated carbocycles. The molecule has 0 spiro atoms. The Kier molecular flexibility index (Phi) is 5.94. The third kappa shape index (κ3) is 4.53. The molecule has 0 amide bonds. The third-order valence-corrected chi connectivity index (χ3v) is 4.38. The molecule has 0 unspecified atom stereocenters. The van der Waals surface area contributed by atoms with Gasteiger partial charge in [0.15, 0.2) is 5.58 Å². The maximum absolute atomic E-state index is 10.2. The highest BCUT2D eigenvalue weighted by Gasteiger charge is 2.12. The molecule has 0 aliphatic rings. The number of nitrogens with one attached hydrogen (secondary N) is 1. The van der Waals surface area contributed by atoms with E-state index in [-0.39, 0.29) is 5.75 Å². The van der Waals surface area contributed by atoms with Crippen LogP contribution in [0.5, 0.6) is 5.75 Å². The van der Waals surface area contributed by atoms with Gasteiger partial charge in [-0.1, -0.05) is 51.2 Å². The number of aromatic hydroxyl groups is 1. The van der Waals surface area contributed by atoms with Crippen molar-refractivity contribution in [2.75, 3.05) is 11.9 Å². The Morgan fingerprint density at radius 3 is 2.64 bits per heavy atom. The normalized spacial score (nSPS) is 11.1. The summed E-state index contributed by atoms with van der Waals surface area (Å²) < 4.78 is 5.77. The van der Waals surface area contributed by atoms with E-state index in [0.717, 1.165) is 29.8 Å². The number of fused-ring (bicyclic) bond motifs is 1. The molecule has 0 atom stereocenters. The standard InChI is InChI=1S/C21H26N2O2/c1-2-3-4-5-6-9-14-22-16-12-13-19(24)17(15-16)21-23-18-10-7-8-11-20(18)25-21/h7-8,10-13,15,22,24H,2-6,9,14H2,1H3. The van der Waals surface area contributed by atoms with Crippen LogP contribution in [0.25, 0.3) is 22.6 Å². The average molecular weight is 338 g/mol. The van der Waals surface area contributed by atoms with Crippen LogP contribution in [-0.2, 0) is 0 Å². The molecule has 1 aromatic heterocycles. The highest BCUT2D eigenvalue weighted by Crippen LogP contribution is 2.33. The summed E-state index contributed by atoms with van der Waals surface area (Å²) in [5.74, 6) is 0.624. The number of phenolic OH excluding ortho intramolecular Hbond substituents is 1. The predicted octanol–water partition coefficient (Wildman–Crippen LogP) is 5.97. The van der Waals surface area contributed by atoms with Gasteiger partial charge in [-0.3, -0.25) is 0 Å². The van der Waals surface area contributed by atoms with Crippen molar-refractivity contribution < 1.29 is 9.52 Å². The number of phenols is 1. The van der Waals surface area contributed by atoms with E-state index in [0.29, 0.717) is 11.5 Å². The van der Waals surface area contributed by atoms with Crippen LogP contribution in [0.4, 0.5) is 5.69 Å². The second-order valence-electron chi connectivity index (χ2n) is 6.41. The van der Waals surface area contributed by atoms with Gasteiger partial charge in [0.1, 0.15) is 11.3 Å². The van der Waals surface area contributed by atoms with Crippen LogP contribution in [0.15, 0.2) is 46.9 Å². The van der Waals surface area contributed by atoms with Gasteiger partial charge in [-0.2, -0.15) is 0 Å². The molecule has 2 aromatic carbocycles. The molecule has 0 fully saturated rings. The molecule has 132 valence electrons. The van der Waals surface area contributed by atoms with Gasteiger partial charge in [0.05, 0.1) is 5.56 Å². The van der Waals surface area contributed by atoms with E-state index < -0.39 is 0 Å². The fourth-order valence-electron chi connectivity index (χ4n) is 2.94. The Balaban J connectivity index is 1.62. The maximum atomic E-state index is 10.2.